The fraction of sp³-hybridized carbons (Fsp3) is 0.778. The molecule has 1 aliphatic rings. The van der Waals surface area contributed by atoms with Crippen LogP contribution in [0.3, 0.4) is 0 Å². The molecule has 0 aromatic heterocycles. The second-order valence-corrected chi connectivity index (χ2v) is 5.91. The van der Waals surface area contributed by atoms with Crippen LogP contribution in [0.4, 0.5) is 0 Å². The molecule has 0 saturated carbocycles. The molecule has 0 amide bonds. The molecule has 0 aliphatic heterocycles. The number of carbonyl (C=O) groups excluding carboxylic acids is 2. The molecule has 2 unspecified atom stereocenters. The van der Waals surface area contributed by atoms with E-state index in [1.807, 2.05) is 12.2 Å². The van der Waals surface area contributed by atoms with Crippen LogP contribution < -0.4 is 0 Å². The van der Waals surface area contributed by atoms with Crippen molar-refractivity contribution in [3.05, 3.63) is 12.2 Å². The summed E-state index contributed by atoms with van der Waals surface area (Å²) in [6, 6.07) is 0. The molecule has 0 heterocycles. The number of esters is 2. The minimum absolute atomic E-state index is 0.254. The summed E-state index contributed by atoms with van der Waals surface area (Å²) in [5.41, 5.74) is 0. The van der Waals surface area contributed by atoms with Gasteiger partial charge in [0.15, 0.2) is 0 Å². The molecule has 0 spiro atoms. The maximum atomic E-state index is 12.2. The number of hydrogen-bond donors (Lipinski definition) is 0. The molecule has 0 aromatic rings. The minimum atomic E-state index is -0.384. The highest BCUT2D eigenvalue weighted by Crippen LogP contribution is 2.28. The Balaban J connectivity index is 2.43. The van der Waals surface area contributed by atoms with Gasteiger partial charge in [0.25, 0.3) is 0 Å². The lowest BCUT2D eigenvalue weighted by atomic mass is 9.83. The summed E-state index contributed by atoms with van der Waals surface area (Å²) in [5.74, 6) is -1.28. The van der Waals surface area contributed by atoms with Crippen LogP contribution in [0.15, 0.2) is 12.2 Å². The molecule has 126 valence electrons. The van der Waals surface area contributed by atoms with Crippen molar-refractivity contribution in [2.75, 3.05) is 13.2 Å². The van der Waals surface area contributed by atoms with Gasteiger partial charge in [-0.3, -0.25) is 9.59 Å². The SMILES string of the molecule is CCCCCOC(=O)C1CC=CCC1C(=O)OCCCCC. The Hall–Kier alpha value is -1.32. The zero-order chi connectivity index (χ0) is 16.2. The fourth-order valence-corrected chi connectivity index (χ4v) is 2.60. The lowest BCUT2D eigenvalue weighted by Crippen LogP contribution is -2.34. The number of carbonyl (C=O) groups is 2. The molecular weight excluding hydrogens is 280 g/mol. The maximum absolute atomic E-state index is 12.2. The van der Waals surface area contributed by atoms with Crippen molar-refractivity contribution in [2.24, 2.45) is 11.8 Å². The molecule has 0 saturated heterocycles. The van der Waals surface area contributed by atoms with Crippen molar-refractivity contribution in [2.45, 2.75) is 65.2 Å². The first-order chi connectivity index (χ1) is 10.7. The molecular formula is C18H30O4. The molecule has 0 fully saturated rings. The summed E-state index contributed by atoms with van der Waals surface area (Å²) in [5, 5.41) is 0. The standard InChI is InChI=1S/C18H30O4/c1-3-5-9-13-21-17(19)15-11-7-8-12-16(15)18(20)22-14-10-6-4-2/h7-8,15-16H,3-6,9-14H2,1-2H3. The summed E-state index contributed by atoms with van der Waals surface area (Å²) in [7, 11) is 0. The van der Waals surface area contributed by atoms with Gasteiger partial charge in [0.2, 0.25) is 0 Å². The summed E-state index contributed by atoms with van der Waals surface area (Å²) < 4.78 is 10.7. The third-order valence-corrected chi connectivity index (χ3v) is 4.02. The van der Waals surface area contributed by atoms with Crippen LogP contribution in [-0.2, 0) is 19.1 Å². The second-order valence-electron chi connectivity index (χ2n) is 5.91. The highest BCUT2D eigenvalue weighted by Gasteiger charge is 2.36. The summed E-state index contributed by atoms with van der Waals surface area (Å²) in [6.45, 7) is 5.12. The first kappa shape index (κ1) is 18.7. The first-order valence-corrected chi connectivity index (χ1v) is 8.69. The van der Waals surface area contributed by atoms with Gasteiger partial charge >= 0.3 is 11.9 Å². The molecule has 0 aromatic carbocycles. The zero-order valence-corrected chi connectivity index (χ0v) is 14.0. The highest BCUT2D eigenvalue weighted by atomic mass is 16.5. The van der Waals surface area contributed by atoms with Crippen molar-refractivity contribution in [3.8, 4) is 0 Å². The smallest absolute Gasteiger partial charge is 0.310 e. The van der Waals surface area contributed by atoms with Gasteiger partial charge in [-0.1, -0.05) is 51.7 Å². The monoisotopic (exact) mass is 310 g/mol. The van der Waals surface area contributed by atoms with Crippen LogP contribution in [-0.4, -0.2) is 25.2 Å². The molecule has 2 atom stereocenters. The lowest BCUT2D eigenvalue weighted by Gasteiger charge is -2.25. The van der Waals surface area contributed by atoms with E-state index in [2.05, 4.69) is 13.8 Å². The van der Waals surface area contributed by atoms with E-state index in [1.165, 1.54) is 0 Å². The number of allylic oxidation sites excluding steroid dienone is 2. The van der Waals surface area contributed by atoms with Gasteiger partial charge in [0, 0.05) is 0 Å². The van der Waals surface area contributed by atoms with Crippen molar-refractivity contribution in [3.63, 3.8) is 0 Å². The molecule has 4 heteroatoms. The van der Waals surface area contributed by atoms with E-state index in [0.29, 0.717) is 26.1 Å². The van der Waals surface area contributed by atoms with E-state index in [4.69, 9.17) is 9.47 Å². The predicted molar refractivity (Wildman–Crippen MR) is 86.3 cm³/mol. The second kappa shape index (κ2) is 11.3. The number of ether oxygens (including phenoxy) is 2. The average molecular weight is 310 g/mol. The molecule has 0 N–H and O–H groups in total. The third-order valence-electron chi connectivity index (χ3n) is 4.02. The summed E-state index contributed by atoms with van der Waals surface area (Å²) in [4.78, 5) is 24.4. The quantitative estimate of drug-likeness (QED) is 0.347. The van der Waals surface area contributed by atoms with Gasteiger partial charge in [-0.2, -0.15) is 0 Å². The van der Waals surface area contributed by atoms with E-state index in [9.17, 15) is 9.59 Å². The zero-order valence-electron chi connectivity index (χ0n) is 14.0. The Bertz CT molecular complexity index is 328. The van der Waals surface area contributed by atoms with E-state index >= 15 is 0 Å². The number of hydrogen-bond acceptors (Lipinski definition) is 4. The van der Waals surface area contributed by atoms with E-state index < -0.39 is 0 Å². The van der Waals surface area contributed by atoms with E-state index in [1.54, 1.807) is 0 Å². The Kier molecular flexibility index (Phi) is 9.60. The average Bonchev–Trinajstić information content (AvgIpc) is 2.55. The van der Waals surface area contributed by atoms with Crippen molar-refractivity contribution in [1.29, 1.82) is 0 Å². The maximum Gasteiger partial charge on any atom is 0.310 e. The Morgan fingerprint density at radius 3 is 1.59 bits per heavy atom. The molecule has 4 nitrogen and oxygen atoms in total. The topological polar surface area (TPSA) is 52.6 Å². The van der Waals surface area contributed by atoms with Gasteiger partial charge in [-0.25, -0.2) is 0 Å². The Morgan fingerprint density at radius 1 is 0.818 bits per heavy atom. The van der Waals surface area contributed by atoms with E-state index in [-0.39, 0.29) is 23.8 Å². The number of unbranched alkanes of at least 4 members (excludes halogenated alkanes) is 4. The van der Waals surface area contributed by atoms with Crippen LogP contribution in [0.1, 0.15) is 65.2 Å². The highest BCUT2D eigenvalue weighted by molar-refractivity contribution is 5.82. The first-order valence-electron chi connectivity index (χ1n) is 8.69. The Morgan fingerprint density at radius 2 is 1.23 bits per heavy atom. The summed E-state index contributed by atoms with van der Waals surface area (Å²) in [6.07, 6.45) is 11.1. The van der Waals surface area contributed by atoms with Crippen LogP contribution in [0, 0.1) is 11.8 Å². The van der Waals surface area contributed by atoms with Gasteiger partial charge < -0.3 is 9.47 Å². The van der Waals surface area contributed by atoms with Gasteiger partial charge in [0.05, 0.1) is 25.0 Å². The third kappa shape index (κ3) is 6.63. The van der Waals surface area contributed by atoms with Crippen LogP contribution in [0.2, 0.25) is 0 Å². The van der Waals surface area contributed by atoms with Crippen molar-refractivity contribution in [1.82, 2.24) is 0 Å². The fourth-order valence-electron chi connectivity index (χ4n) is 2.60. The van der Waals surface area contributed by atoms with Gasteiger partial charge in [-0.05, 0) is 25.7 Å². The van der Waals surface area contributed by atoms with E-state index in [0.717, 1.165) is 38.5 Å². The molecule has 1 aliphatic carbocycles. The number of rotatable bonds is 10. The van der Waals surface area contributed by atoms with Crippen LogP contribution >= 0.6 is 0 Å². The van der Waals surface area contributed by atoms with Gasteiger partial charge in [-0.15, -0.1) is 0 Å². The molecule has 1 rings (SSSR count). The lowest BCUT2D eigenvalue weighted by molar-refractivity contribution is -0.161. The van der Waals surface area contributed by atoms with Crippen LogP contribution in [0.25, 0.3) is 0 Å². The predicted octanol–water partition coefficient (Wildman–Crippen LogP) is 4.04. The minimum Gasteiger partial charge on any atom is -0.465 e. The largest absolute Gasteiger partial charge is 0.465 e. The van der Waals surface area contributed by atoms with Crippen LogP contribution in [0.5, 0.6) is 0 Å². The summed E-state index contributed by atoms with van der Waals surface area (Å²) >= 11 is 0. The normalized spacial score (nSPS) is 20.6. The molecule has 22 heavy (non-hydrogen) atoms. The molecule has 0 bridgehead atoms. The van der Waals surface area contributed by atoms with Crippen molar-refractivity contribution >= 4 is 11.9 Å². The Labute approximate surface area is 134 Å². The van der Waals surface area contributed by atoms with Gasteiger partial charge in [0.1, 0.15) is 0 Å². The van der Waals surface area contributed by atoms with Crippen molar-refractivity contribution < 1.29 is 19.1 Å². The molecule has 0 radical (unpaired) electrons.